The number of piperazine rings is 1. The number of fused-ring (bicyclic) bond motifs is 1. The van der Waals surface area contributed by atoms with Gasteiger partial charge in [0.2, 0.25) is 0 Å². The fourth-order valence-electron chi connectivity index (χ4n) is 3.53. The lowest BCUT2D eigenvalue weighted by atomic mass is 10.3. The summed E-state index contributed by atoms with van der Waals surface area (Å²) in [5.41, 5.74) is 1.04. The molecular formula is C21H28N4OS. The molecule has 1 aromatic carbocycles. The van der Waals surface area contributed by atoms with E-state index in [1.807, 2.05) is 24.3 Å². The second kappa shape index (κ2) is 8.97. The highest BCUT2D eigenvalue weighted by Crippen LogP contribution is 2.31. The van der Waals surface area contributed by atoms with Gasteiger partial charge in [-0.2, -0.15) is 0 Å². The number of nitrogens with zero attached hydrogens (tertiary/aromatic N) is 3. The fraction of sp³-hybridized carbons (Fsp3) is 0.476. The summed E-state index contributed by atoms with van der Waals surface area (Å²) in [5, 5.41) is 4.46. The van der Waals surface area contributed by atoms with Gasteiger partial charge in [-0.05, 0) is 50.3 Å². The largest absolute Gasteiger partial charge is 0.457 e. The van der Waals surface area contributed by atoms with Crippen LogP contribution in [-0.4, -0.2) is 60.6 Å². The number of furan rings is 1. The first kappa shape index (κ1) is 18.6. The molecule has 3 aromatic rings. The molecule has 0 radical (unpaired) electrons. The highest BCUT2D eigenvalue weighted by molar-refractivity contribution is 7.21. The second-order valence-electron chi connectivity index (χ2n) is 7.06. The van der Waals surface area contributed by atoms with Crippen LogP contribution in [0, 0.1) is 0 Å². The van der Waals surface area contributed by atoms with E-state index in [2.05, 4.69) is 39.2 Å². The van der Waals surface area contributed by atoms with Crippen molar-refractivity contribution in [2.24, 2.45) is 0 Å². The summed E-state index contributed by atoms with van der Waals surface area (Å²) >= 11 is 1.68. The van der Waals surface area contributed by atoms with Gasteiger partial charge in [-0.1, -0.05) is 19.1 Å². The molecular weight excluding hydrogens is 356 g/mol. The van der Waals surface area contributed by atoms with Crippen molar-refractivity contribution in [3.05, 3.63) is 42.2 Å². The number of hydrogen-bond donors (Lipinski definition) is 1. The van der Waals surface area contributed by atoms with Gasteiger partial charge in [0.1, 0.15) is 5.76 Å². The molecule has 0 amide bonds. The van der Waals surface area contributed by atoms with Crippen LogP contribution in [0.15, 0.2) is 40.8 Å². The van der Waals surface area contributed by atoms with Gasteiger partial charge in [0, 0.05) is 26.2 Å². The molecule has 0 spiro atoms. The minimum absolute atomic E-state index is 0.772. The van der Waals surface area contributed by atoms with E-state index in [9.17, 15) is 0 Å². The summed E-state index contributed by atoms with van der Waals surface area (Å²) in [6.07, 6.45) is 1.18. The van der Waals surface area contributed by atoms with E-state index in [0.29, 0.717) is 0 Å². The molecule has 5 nitrogen and oxygen atoms in total. The van der Waals surface area contributed by atoms with Crippen molar-refractivity contribution < 1.29 is 4.42 Å². The maximum atomic E-state index is 5.99. The molecule has 1 aliphatic heterocycles. The summed E-state index contributed by atoms with van der Waals surface area (Å²) in [4.78, 5) is 9.76. The minimum atomic E-state index is 0.772. The van der Waals surface area contributed by atoms with Crippen molar-refractivity contribution in [1.29, 1.82) is 0 Å². The predicted molar refractivity (Wildman–Crippen MR) is 112 cm³/mol. The van der Waals surface area contributed by atoms with Gasteiger partial charge in [-0.3, -0.25) is 0 Å². The van der Waals surface area contributed by atoms with E-state index >= 15 is 0 Å². The van der Waals surface area contributed by atoms with Gasteiger partial charge in [0.05, 0.1) is 16.8 Å². The molecule has 1 N–H and O–H groups in total. The van der Waals surface area contributed by atoms with Crippen molar-refractivity contribution in [3.63, 3.8) is 0 Å². The minimum Gasteiger partial charge on any atom is -0.457 e. The van der Waals surface area contributed by atoms with Crippen LogP contribution in [0.3, 0.4) is 0 Å². The third kappa shape index (κ3) is 4.76. The average Bonchev–Trinajstić information content (AvgIpc) is 3.35. The Morgan fingerprint density at radius 3 is 2.70 bits per heavy atom. The average molecular weight is 385 g/mol. The SMILES string of the molecule is CCN1CCN(CCCNCc2ccc(-c3nc4ccccc4s3)o2)CC1. The third-order valence-electron chi connectivity index (χ3n) is 5.21. The molecule has 0 aliphatic carbocycles. The van der Waals surface area contributed by atoms with Crippen LogP contribution in [0.2, 0.25) is 0 Å². The zero-order chi connectivity index (χ0) is 18.5. The number of thiazole rings is 1. The number of aromatic nitrogens is 1. The number of benzene rings is 1. The fourth-order valence-corrected chi connectivity index (χ4v) is 4.46. The quantitative estimate of drug-likeness (QED) is 0.600. The molecule has 6 heteroatoms. The standard InChI is InChI=1S/C21H28N4OS/c1-2-24-12-14-25(15-13-24)11-5-10-22-16-17-8-9-19(26-17)21-23-18-6-3-4-7-20(18)27-21/h3-4,6-9,22H,2,5,10-16H2,1H3. The van der Waals surface area contributed by atoms with E-state index in [-0.39, 0.29) is 0 Å². The van der Waals surface area contributed by atoms with Gasteiger partial charge >= 0.3 is 0 Å². The zero-order valence-electron chi connectivity index (χ0n) is 16.0. The third-order valence-corrected chi connectivity index (χ3v) is 6.26. The monoisotopic (exact) mass is 384 g/mol. The maximum Gasteiger partial charge on any atom is 0.163 e. The maximum absolute atomic E-state index is 5.99. The molecule has 3 heterocycles. The Kier molecular flexibility index (Phi) is 6.19. The van der Waals surface area contributed by atoms with Crippen molar-refractivity contribution in [2.75, 3.05) is 45.8 Å². The topological polar surface area (TPSA) is 44.5 Å². The molecule has 1 fully saturated rings. The van der Waals surface area contributed by atoms with Gasteiger partial charge in [0.15, 0.2) is 10.8 Å². The number of likely N-dealkylation sites (N-methyl/N-ethyl adjacent to an activating group) is 1. The van der Waals surface area contributed by atoms with Crippen LogP contribution in [0.5, 0.6) is 0 Å². The van der Waals surface area contributed by atoms with Crippen LogP contribution in [0.25, 0.3) is 21.0 Å². The Balaban J connectivity index is 1.20. The van der Waals surface area contributed by atoms with E-state index < -0.39 is 0 Å². The molecule has 0 atom stereocenters. The highest BCUT2D eigenvalue weighted by atomic mass is 32.1. The second-order valence-corrected chi connectivity index (χ2v) is 8.09. The summed E-state index contributed by atoms with van der Waals surface area (Å²) < 4.78 is 7.19. The first-order valence-corrected chi connectivity index (χ1v) is 10.7. The Hall–Kier alpha value is -1.73. The molecule has 0 saturated carbocycles. The van der Waals surface area contributed by atoms with Gasteiger partial charge in [-0.25, -0.2) is 4.98 Å². The van der Waals surface area contributed by atoms with Crippen LogP contribution < -0.4 is 5.32 Å². The molecule has 0 unspecified atom stereocenters. The smallest absolute Gasteiger partial charge is 0.163 e. The van der Waals surface area contributed by atoms with Crippen molar-refractivity contribution in [2.45, 2.75) is 19.9 Å². The van der Waals surface area contributed by atoms with Gasteiger partial charge in [-0.15, -0.1) is 11.3 Å². The Morgan fingerprint density at radius 1 is 1.07 bits per heavy atom. The first-order valence-electron chi connectivity index (χ1n) is 9.92. The van der Waals surface area contributed by atoms with Crippen molar-refractivity contribution in [1.82, 2.24) is 20.1 Å². The van der Waals surface area contributed by atoms with Crippen LogP contribution in [0.1, 0.15) is 19.1 Å². The number of rotatable bonds is 8. The zero-order valence-corrected chi connectivity index (χ0v) is 16.8. The van der Waals surface area contributed by atoms with Gasteiger partial charge < -0.3 is 19.5 Å². The van der Waals surface area contributed by atoms with Crippen LogP contribution in [-0.2, 0) is 6.54 Å². The number of nitrogens with one attached hydrogen (secondary N) is 1. The molecule has 1 aliphatic rings. The van der Waals surface area contributed by atoms with Gasteiger partial charge in [0.25, 0.3) is 0 Å². The van der Waals surface area contributed by atoms with E-state index in [4.69, 9.17) is 4.42 Å². The summed E-state index contributed by atoms with van der Waals surface area (Å²) in [7, 11) is 0. The van der Waals surface area contributed by atoms with E-state index in [1.54, 1.807) is 11.3 Å². The Labute approximate surface area is 165 Å². The van der Waals surface area contributed by atoms with Crippen molar-refractivity contribution >= 4 is 21.6 Å². The predicted octanol–water partition coefficient (Wildman–Crippen LogP) is 3.67. The molecule has 0 bridgehead atoms. The van der Waals surface area contributed by atoms with E-state index in [1.165, 1.54) is 50.4 Å². The Morgan fingerprint density at radius 2 is 1.89 bits per heavy atom. The van der Waals surface area contributed by atoms with Crippen LogP contribution >= 0.6 is 11.3 Å². The highest BCUT2D eigenvalue weighted by Gasteiger charge is 2.14. The number of para-hydroxylation sites is 1. The first-order chi connectivity index (χ1) is 13.3. The number of hydrogen-bond acceptors (Lipinski definition) is 6. The Bertz CT molecular complexity index is 818. The summed E-state index contributed by atoms with van der Waals surface area (Å²) in [6.45, 7) is 11.2. The normalized spacial score (nSPS) is 16.3. The van der Waals surface area contributed by atoms with Crippen molar-refractivity contribution in [3.8, 4) is 10.8 Å². The molecule has 2 aromatic heterocycles. The molecule has 1 saturated heterocycles. The van der Waals surface area contributed by atoms with E-state index in [0.717, 1.165) is 35.1 Å². The van der Waals surface area contributed by atoms with Crippen LogP contribution in [0.4, 0.5) is 0 Å². The lowest BCUT2D eigenvalue weighted by Crippen LogP contribution is -2.46. The molecule has 27 heavy (non-hydrogen) atoms. The lowest BCUT2D eigenvalue weighted by molar-refractivity contribution is 0.136. The molecule has 4 rings (SSSR count). The summed E-state index contributed by atoms with van der Waals surface area (Å²) in [5.74, 6) is 1.84. The summed E-state index contributed by atoms with van der Waals surface area (Å²) in [6, 6.07) is 12.3. The lowest BCUT2D eigenvalue weighted by Gasteiger charge is -2.33. The molecule has 144 valence electrons.